The molecule has 1 fully saturated rings. The van der Waals surface area contributed by atoms with Crippen LogP contribution < -0.4 is 11.1 Å². The third-order valence-corrected chi connectivity index (χ3v) is 3.68. The van der Waals surface area contributed by atoms with Gasteiger partial charge in [-0.25, -0.2) is 0 Å². The molecular formula is C12H26N4O. The zero-order valence-corrected chi connectivity index (χ0v) is 11.0. The van der Waals surface area contributed by atoms with Gasteiger partial charge in [-0.05, 0) is 26.3 Å². The number of nitrogens with two attached hydrogens (primary N) is 1. The number of rotatable bonds is 7. The maximum absolute atomic E-state index is 8.63. The second-order valence-corrected chi connectivity index (χ2v) is 4.86. The fourth-order valence-corrected chi connectivity index (χ4v) is 2.47. The van der Waals surface area contributed by atoms with Crippen LogP contribution in [-0.4, -0.2) is 48.2 Å². The topological polar surface area (TPSA) is 73.9 Å². The molecule has 0 spiro atoms. The van der Waals surface area contributed by atoms with Crippen LogP contribution in [0, 0.1) is 0 Å². The van der Waals surface area contributed by atoms with Crippen molar-refractivity contribution >= 4 is 5.84 Å². The highest BCUT2D eigenvalue weighted by Crippen LogP contribution is 2.21. The number of likely N-dealkylation sites (N-methyl/N-ethyl adjacent to an activating group) is 1. The highest BCUT2D eigenvalue weighted by molar-refractivity contribution is 5.85. The summed E-state index contributed by atoms with van der Waals surface area (Å²) in [6, 6.07) is 0.734. The summed E-state index contributed by atoms with van der Waals surface area (Å²) in [5.74, 6) is 0.274. The molecule has 0 aromatic rings. The molecule has 1 saturated carbocycles. The summed E-state index contributed by atoms with van der Waals surface area (Å²) >= 11 is 0. The first-order valence-corrected chi connectivity index (χ1v) is 6.60. The Hall–Kier alpha value is -0.810. The summed E-state index contributed by atoms with van der Waals surface area (Å²) in [6.07, 6.45) is 6.22. The summed E-state index contributed by atoms with van der Waals surface area (Å²) in [4.78, 5) is 2.42. The number of nitrogens with one attached hydrogen (secondary N) is 1. The Labute approximate surface area is 104 Å². The van der Waals surface area contributed by atoms with Gasteiger partial charge in [0, 0.05) is 19.1 Å². The fraction of sp³-hybridized carbons (Fsp3) is 0.917. The Bertz CT molecular complexity index is 239. The van der Waals surface area contributed by atoms with Crippen LogP contribution in [-0.2, 0) is 0 Å². The van der Waals surface area contributed by atoms with Crippen molar-refractivity contribution in [2.24, 2.45) is 10.9 Å². The lowest BCUT2D eigenvalue weighted by Crippen LogP contribution is -2.44. The van der Waals surface area contributed by atoms with Gasteiger partial charge in [0.15, 0.2) is 5.84 Å². The maximum Gasteiger partial charge on any atom is 0.156 e. The molecule has 1 rings (SSSR count). The van der Waals surface area contributed by atoms with E-state index < -0.39 is 0 Å². The van der Waals surface area contributed by atoms with Crippen LogP contribution >= 0.6 is 0 Å². The minimum atomic E-state index is -0.0167. The largest absolute Gasteiger partial charge is 0.409 e. The summed E-state index contributed by atoms with van der Waals surface area (Å²) in [5.41, 5.74) is 5.59. The summed E-state index contributed by atoms with van der Waals surface area (Å²) in [7, 11) is 2.18. The van der Waals surface area contributed by atoms with Crippen LogP contribution in [0.25, 0.3) is 0 Å². The van der Waals surface area contributed by atoms with E-state index in [4.69, 9.17) is 10.9 Å². The molecule has 0 bridgehead atoms. The zero-order chi connectivity index (χ0) is 12.7. The highest BCUT2D eigenvalue weighted by atomic mass is 16.4. The number of oxime groups is 1. The Balaban J connectivity index is 2.21. The number of nitrogens with zero attached hydrogens (tertiary/aromatic N) is 2. The summed E-state index contributed by atoms with van der Waals surface area (Å²) < 4.78 is 0. The van der Waals surface area contributed by atoms with Gasteiger partial charge < -0.3 is 21.2 Å². The van der Waals surface area contributed by atoms with Crippen molar-refractivity contribution < 1.29 is 5.21 Å². The molecule has 4 N–H and O–H groups in total. The average Bonchev–Trinajstić information content (AvgIpc) is 2.87. The highest BCUT2D eigenvalue weighted by Gasteiger charge is 2.19. The first-order valence-electron chi connectivity index (χ1n) is 6.60. The maximum atomic E-state index is 8.63. The number of hydrogen-bond acceptors (Lipinski definition) is 4. The van der Waals surface area contributed by atoms with E-state index >= 15 is 0 Å². The number of amidine groups is 1. The molecule has 0 heterocycles. The normalized spacial score (nSPS) is 20.1. The van der Waals surface area contributed by atoms with Crippen LogP contribution in [0.2, 0.25) is 0 Å². The molecule has 0 radical (unpaired) electrons. The molecule has 0 saturated heterocycles. The van der Waals surface area contributed by atoms with Crippen molar-refractivity contribution in [2.45, 2.75) is 51.1 Å². The van der Waals surface area contributed by atoms with Crippen LogP contribution in [0.3, 0.4) is 0 Å². The van der Waals surface area contributed by atoms with Crippen molar-refractivity contribution in [3.8, 4) is 0 Å². The van der Waals surface area contributed by atoms with E-state index in [1.54, 1.807) is 0 Å². The Kier molecular flexibility index (Phi) is 6.29. The second-order valence-electron chi connectivity index (χ2n) is 4.86. The van der Waals surface area contributed by atoms with Gasteiger partial charge in [-0.2, -0.15) is 0 Å². The molecule has 5 heteroatoms. The van der Waals surface area contributed by atoms with Gasteiger partial charge in [-0.3, -0.25) is 0 Å². The molecule has 5 nitrogen and oxygen atoms in total. The van der Waals surface area contributed by atoms with Gasteiger partial charge in [0.05, 0.1) is 6.04 Å². The fourth-order valence-electron chi connectivity index (χ4n) is 2.47. The molecule has 17 heavy (non-hydrogen) atoms. The molecule has 1 aliphatic rings. The van der Waals surface area contributed by atoms with Crippen molar-refractivity contribution in [1.82, 2.24) is 10.2 Å². The second kappa shape index (κ2) is 7.50. The average molecular weight is 242 g/mol. The van der Waals surface area contributed by atoms with E-state index in [2.05, 4.69) is 22.4 Å². The van der Waals surface area contributed by atoms with Crippen molar-refractivity contribution in [1.29, 1.82) is 0 Å². The SMILES string of the molecule is CCC(NCCN(C)C1CCCC1)/C(N)=N/O. The van der Waals surface area contributed by atoms with Gasteiger partial charge in [-0.15, -0.1) is 0 Å². The molecule has 0 amide bonds. The quantitative estimate of drug-likeness (QED) is 0.269. The monoisotopic (exact) mass is 242 g/mol. The molecule has 1 unspecified atom stereocenters. The predicted octanol–water partition coefficient (Wildman–Crippen LogP) is 0.975. The first-order chi connectivity index (χ1) is 8.19. The lowest BCUT2D eigenvalue weighted by Gasteiger charge is -2.25. The lowest BCUT2D eigenvalue weighted by molar-refractivity contribution is 0.243. The Morgan fingerprint density at radius 1 is 1.53 bits per heavy atom. The van der Waals surface area contributed by atoms with Gasteiger partial charge >= 0.3 is 0 Å². The molecular weight excluding hydrogens is 216 g/mol. The van der Waals surface area contributed by atoms with Gasteiger partial charge in [0.25, 0.3) is 0 Å². The standard InChI is InChI=1S/C12H26N4O/c1-3-11(12(13)15-17)14-8-9-16(2)10-6-4-5-7-10/h10-11,14,17H,3-9H2,1-2H3,(H2,13,15). The van der Waals surface area contributed by atoms with Gasteiger partial charge in [0.2, 0.25) is 0 Å². The van der Waals surface area contributed by atoms with Crippen LogP contribution in [0.5, 0.6) is 0 Å². The minimum absolute atomic E-state index is 0.0167. The van der Waals surface area contributed by atoms with Gasteiger partial charge in [-0.1, -0.05) is 24.9 Å². The van der Waals surface area contributed by atoms with Crippen molar-refractivity contribution in [2.75, 3.05) is 20.1 Å². The lowest BCUT2D eigenvalue weighted by atomic mass is 10.2. The third kappa shape index (κ3) is 4.52. The van der Waals surface area contributed by atoms with Crippen LogP contribution in [0.1, 0.15) is 39.0 Å². The summed E-state index contributed by atoms with van der Waals surface area (Å²) in [6.45, 7) is 3.91. The van der Waals surface area contributed by atoms with E-state index in [0.29, 0.717) is 0 Å². The molecule has 0 aromatic heterocycles. The van der Waals surface area contributed by atoms with E-state index in [0.717, 1.165) is 25.6 Å². The van der Waals surface area contributed by atoms with Crippen molar-refractivity contribution in [3.05, 3.63) is 0 Å². The third-order valence-electron chi connectivity index (χ3n) is 3.68. The molecule has 0 aliphatic heterocycles. The Morgan fingerprint density at radius 2 is 2.18 bits per heavy atom. The molecule has 100 valence electrons. The van der Waals surface area contributed by atoms with E-state index in [1.165, 1.54) is 25.7 Å². The molecule has 1 aliphatic carbocycles. The zero-order valence-electron chi connectivity index (χ0n) is 11.0. The van der Waals surface area contributed by atoms with Crippen LogP contribution in [0.4, 0.5) is 0 Å². The van der Waals surface area contributed by atoms with E-state index in [-0.39, 0.29) is 11.9 Å². The minimum Gasteiger partial charge on any atom is -0.409 e. The van der Waals surface area contributed by atoms with E-state index in [9.17, 15) is 0 Å². The smallest absolute Gasteiger partial charge is 0.156 e. The van der Waals surface area contributed by atoms with Crippen molar-refractivity contribution in [3.63, 3.8) is 0 Å². The predicted molar refractivity (Wildman–Crippen MR) is 70.4 cm³/mol. The summed E-state index contributed by atoms with van der Waals surface area (Å²) in [5, 5.41) is 15.0. The molecule has 0 aromatic carbocycles. The van der Waals surface area contributed by atoms with Gasteiger partial charge in [0.1, 0.15) is 0 Å². The Morgan fingerprint density at radius 3 is 2.71 bits per heavy atom. The first kappa shape index (κ1) is 14.3. The van der Waals surface area contributed by atoms with E-state index in [1.807, 2.05) is 6.92 Å². The number of hydrogen-bond donors (Lipinski definition) is 3. The van der Waals surface area contributed by atoms with Crippen LogP contribution in [0.15, 0.2) is 5.16 Å². The molecule has 1 atom stereocenters.